The van der Waals surface area contributed by atoms with Crippen molar-refractivity contribution in [1.82, 2.24) is 14.5 Å². The van der Waals surface area contributed by atoms with Gasteiger partial charge in [-0.3, -0.25) is 28.7 Å². The Morgan fingerprint density at radius 2 is 1.86 bits per heavy atom. The number of urea groups is 1. The van der Waals surface area contributed by atoms with Crippen molar-refractivity contribution >= 4 is 52.5 Å². The van der Waals surface area contributed by atoms with Crippen molar-refractivity contribution in [3.05, 3.63) is 74.7 Å². The molecule has 178 valence electrons. The molecule has 0 spiro atoms. The molecule has 5 rings (SSSR count). The van der Waals surface area contributed by atoms with E-state index in [4.69, 9.17) is 5.73 Å². The Labute approximate surface area is 204 Å². The zero-order valence-corrected chi connectivity index (χ0v) is 19.3. The number of nitrogens with one attached hydrogen (secondary N) is 1. The molecule has 0 unspecified atom stereocenters. The van der Waals surface area contributed by atoms with Crippen molar-refractivity contribution in [2.24, 2.45) is 11.7 Å². The first kappa shape index (κ1) is 22.9. The molecule has 0 saturated carbocycles. The zero-order valence-electron chi connectivity index (χ0n) is 17.7. The van der Waals surface area contributed by atoms with Crippen LogP contribution in [0.4, 0.5) is 14.9 Å². The van der Waals surface area contributed by atoms with Crippen LogP contribution >= 0.6 is 23.1 Å². The predicted molar refractivity (Wildman–Crippen MR) is 124 cm³/mol. The van der Waals surface area contributed by atoms with Gasteiger partial charge in [0.05, 0.1) is 10.9 Å². The van der Waals surface area contributed by atoms with E-state index >= 15 is 0 Å². The molecule has 3 N–H and O–H groups in total. The van der Waals surface area contributed by atoms with Crippen molar-refractivity contribution in [3.8, 4) is 0 Å². The first-order chi connectivity index (χ1) is 16.8. The molecule has 2 aliphatic heterocycles. The maximum Gasteiger partial charge on any atom is 0.328 e. The normalized spacial score (nSPS) is 20.9. The minimum absolute atomic E-state index is 0.350. The van der Waals surface area contributed by atoms with Gasteiger partial charge in [0.2, 0.25) is 11.8 Å². The molecule has 13 heteroatoms. The summed E-state index contributed by atoms with van der Waals surface area (Å²) in [5.74, 6) is -4.19. The van der Waals surface area contributed by atoms with E-state index in [1.807, 2.05) is 0 Å². The lowest BCUT2D eigenvalue weighted by Crippen LogP contribution is -2.41. The van der Waals surface area contributed by atoms with Crippen LogP contribution in [0.3, 0.4) is 0 Å². The summed E-state index contributed by atoms with van der Waals surface area (Å²) in [7, 11) is 0. The van der Waals surface area contributed by atoms with Gasteiger partial charge < -0.3 is 11.1 Å². The van der Waals surface area contributed by atoms with Gasteiger partial charge in [0.25, 0.3) is 5.91 Å². The van der Waals surface area contributed by atoms with Crippen LogP contribution in [-0.2, 0) is 20.9 Å². The minimum atomic E-state index is -1.17. The summed E-state index contributed by atoms with van der Waals surface area (Å²) in [6, 6.07) is 7.37. The number of carbonyl (C=O) groups excluding carboxylic acids is 4. The van der Waals surface area contributed by atoms with Gasteiger partial charge in [-0.05, 0) is 35.9 Å². The van der Waals surface area contributed by atoms with E-state index in [9.17, 15) is 28.4 Å². The van der Waals surface area contributed by atoms with Gasteiger partial charge in [-0.15, -0.1) is 0 Å². The molecule has 2 aliphatic rings. The Morgan fingerprint density at radius 3 is 2.51 bits per heavy atom. The van der Waals surface area contributed by atoms with Crippen LogP contribution in [0.5, 0.6) is 0 Å². The maximum atomic E-state index is 13.1. The number of halogens is 1. The number of thiazole rings is 1. The highest BCUT2D eigenvalue weighted by molar-refractivity contribution is 8.00. The van der Waals surface area contributed by atoms with E-state index in [2.05, 4.69) is 10.3 Å². The van der Waals surface area contributed by atoms with E-state index in [1.165, 1.54) is 35.0 Å². The average Bonchev–Trinajstić information content (AvgIpc) is 3.27. The first-order valence-corrected chi connectivity index (χ1v) is 12.0. The molecular weight excluding hydrogens is 497 g/mol. The molecule has 1 fully saturated rings. The van der Waals surface area contributed by atoms with Crippen LogP contribution in [0.1, 0.15) is 16.4 Å². The summed E-state index contributed by atoms with van der Waals surface area (Å²) in [6.45, 7) is -0.367. The first-order valence-electron chi connectivity index (χ1n) is 10.3. The number of hydrogen-bond acceptors (Lipinski definition) is 8. The molecule has 3 aromatic rings. The van der Waals surface area contributed by atoms with Crippen LogP contribution in [0.15, 0.2) is 58.6 Å². The van der Waals surface area contributed by atoms with E-state index in [0.29, 0.717) is 26.1 Å². The second-order valence-corrected chi connectivity index (χ2v) is 9.98. The lowest BCUT2D eigenvalue weighted by Gasteiger charge is -2.30. The highest BCUT2D eigenvalue weighted by Crippen LogP contribution is 2.53. The Hall–Kier alpha value is -3.84. The number of imide groups is 3. The minimum Gasteiger partial charge on any atom is -0.351 e. The molecule has 35 heavy (non-hydrogen) atoms. The Bertz CT molecular complexity index is 1420. The fourth-order valence-corrected chi connectivity index (χ4v) is 7.04. The molecule has 0 aliphatic carbocycles. The number of primary amides is 1. The summed E-state index contributed by atoms with van der Waals surface area (Å²) in [4.78, 5) is 68.1. The second-order valence-electron chi connectivity index (χ2n) is 7.86. The summed E-state index contributed by atoms with van der Waals surface area (Å²) in [5, 5.41) is 1.95. The standard InChI is InChI=1S/C22H16FN5O5S2/c23-11-3-5-12(6-4-11)26-13(29)9-27-20-17(35-22(27)33)14(10-2-1-7-25-8-10)15-16(34-20)19(31)28(18(15)30)21(24)32/h1-8,14-16H,9H2,(H2,24,32)(H,26,29)/t14-,15+,16-/m0/s1. The third-order valence-electron chi connectivity index (χ3n) is 5.74. The molecule has 5 amide bonds. The Balaban J connectivity index is 1.55. The van der Waals surface area contributed by atoms with Crippen LogP contribution in [0.2, 0.25) is 0 Å². The number of carbonyl (C=O) groups is 4. The van der Waals surface area contributed by atoms with Crippen molar-refractivity contribution in [2.45, 2.75) is 22.7 Å². The molecule has 0 radical (unpaired) electrons. The van der Waals surface area contributed by atoms with Crippen LogP contribution in [0, 0.1) is 11.7 Å². The number of rotatable bonds is 4. The van der Waals surface area contributed by atoms with Gasteiger partial charge in [-0.1, -0.05) is 29.2 Å². The van der Waals surface area contributed by atoms with Gasteiger partial charge in [-0.2, -0.15) is 4.90 Å². The maximum absolute atomic E-state index is 13.1. The number of benzene rings is 1. The average molecular weight is 514 g/mol. The molecule has 1 saturated heterocycles. The number of fused-ring (bicyclic) bond motifs is 2. The second kappa shape index (κ2) is 8.74. The highest BCUT2D eigenvalue weighted by Gasteiger charge is 2.57. The predicted octanol–water partition coefficient (Wildman–Crippen LogP) is 1.75. The molecule has 10 nitrogen and oxygen atoms in total. The molecule has 3 atom stereocenters. The van der Waals surface area contributed by atoms with Crippen LogP contribution in [0.25, 0.3) is 0 Å². The third-order valence-corrected chi connectivity index (χ3v) is 8.35. The van der Waals surface area contributed by atoms with Gasteiger partial charge in [0.1, 0.15) is 17.6 Å². The number of nitrogens with zero attached hydrogens (tertiary/aromatic N) is 3. The van der Waals surface area contributed by atoms with E-state index < -0.39 is 51.5 Å². The van der Waals surface area contributed by atoms with Gasteiger partial charge in [0, 0.05) is 28.9 Å². The number of nitrogens with two attached hydrogens (primary N) is 1. The quantitative estimate of drug-likeness (QED) is 0.506. The Morgan fingerprint density at radius 1 is 1.11 bits per heavy atom. The fourth-order valence-electron chi connectivity index (χ4n) is 4.27. The van der Waals surface area contributed by atoms with Crippen molar-refractivity contribution < 1.29 is 23.6 Å². The largest absolute Gasteiger partial charge is 0.351 e. The van der Waals surface area contributed by atoms with Gasteiger partial charge in [-0.25, -0.2) is 9.18 Å². The number of thioether (sulfide) groups is 1. The Kier molecular flexibility index (Phi) is 5.73. The number of pyridine rings is 1. The summed E-state index contributed by atoms with van der Waals surface area (Å²) >= 11 is 1.82. The number of hydrogen-bond donors (Lipinski definition) is 2. The topological polar surface area (TPSA) is 144 Å². The SMILES string of the molecule is NC(=O)N1C(=O)[C@@H]2[C@H](c3cccnc3)c3sc(=O)n(CC(=O)Nc4ccc(F)cc4)c3S[C@@H]2C1=O. The molecule has 1 aromatic carbocycles. The molecular formula is C22H16FN5O5S2. The summed E-state index contributed by atoms with van der Waals surface area (Å²) in [6.07, 6.45) is 3.08. The lowest BCUT2D eigenvalue weighted by molar-refractivity contribution is -0.135. The van der Waals surface area contributed by atoms with Crippen molar-refractivity contribution in [1.29, 1.82) is 0 Å². The number of aromatic nitrogens is 2. The van der Waals surface area contributed by atoms with E-state index in [-0.39, 0.29) is 6.54 Å². The summed E-state index contributed by atoms with van der Waals surface area (Å²) in [5.41, 5.74) is 6.23. The monoisotopic (exact) mass is 513 g/mol. The van der Waals surface area contributed by atoms with Crippen LogP contribution in [-0.4, -0.2) is 43.5 Å². The third kappa shape index (κ3) is 3.91. The van der Waals surface area contributed by atoms with Crippen LogP contribution < -0.4 is 15.9 Å². The van der Waals surface area contributed by atoms with E-state index in [1.54, 1.807) is 18.3 Å². The van der Waals surface area contributed by atoms with Crippen molar-refractivity contribution in [2.75, 3.05) is 5.32 Å². The highest BCUT2D eigenvalue weighted by atomic mass is 32.2. The van der Waals surface area contributed by atoms with Gasteiger partial charge in [0.15, 0.2) is 0 Å². The van der Waals surface area contributed by atoms with Gasteiger partial charge >= 0.3 is 10.9 Å². The number of likely N-dealkylation sites (tertiary alicyclic amines) is 1. The van der Waals surface area contributed by atoms with E-state index in [0.717, 1.165) is 23.1 Å². The number of anilines is 1. The lowest BCUT2D eigenvalue weighted by atomic mass is 9.84. The number of amides is 5. The molecule has 2 aromatic heterocycles. The zero-order chi connectivity index (χ0) is 24.9. The van der Waals surface area contributed by atoms with Crippen molar-refractivity contribution in [3.63, 3.8) is 0 Å². The fraction of sp³-hybridized carbons (Fsp3) is 0.182. The molecule has 4 heterocycles. The molecule has 0 bridgehead atoms. The summed E-state index contributed by atoms with van der Waals surface area (Å²) < 4.78 is 14.4. The smallest absolute Gasteiger partial charge is 0.328 e.